The van der Waals surface area contributed by atoms with Crippen molar-refractivity contribution in [1.82, 2.24) is 9.91 Å². The first-order chi connectivity index (χ1) is 25.9. The average Bonchev–Trinajstić information content (AvgIpc) is 3.53. The van der Waals surface area contributed by atoms with Crippen molar-refractivity contribution in [3.8, 4) is 17.2 Å². The largest absolute Gasteiger partial charge is 0.508 e. The molecule has 4 aromatic rings. The number of carbonyl (C=O) groups is 4. The molecule has 4 aliphatic rings. The van der Waals surface area contributed by atoms with E-state index in [0.29, 0.717) is 38.9 Å². The first-order valence-electron chi connectivity index (χ1n) is 17.5. The number of aromatic hydroxyl groups is 2. The Balaban J connectivity index is 1.27. The number of benzene rings is 4. The van der Waals surface area contributed by atoms with Crippen molar-refractivity contribution in [3.05, 3.63) is 128 Å². The zero-order valence-electron chi connectivity index (χ0n) is 28.8. The Morgan fingerprint density at radius 3 is 2.24 bits per heavy atom. The number of rotatable bonds is 8. The van der Waals surface area contributed by atoms with Crippen LogP contribution in [0.15, 0.2) is 96.6 Å². The second kappa shape index (κ2) is 13.7. The molecule has 0 radical (unpaired) electrons. The summed E-state index contributed by atoms with van der Waals surface area (Å²) in [5.41, 5.74) is 3.92. The maximum Gasteiger partial charge on any atom is 0.260 e. The molecule has 1 saturated carbocycles. The predicted octanol–water partition coefficient (Wildman–Crippen LogP) is 7.29. The number of phenols is 2. The van der Waals surface area contributed by atoms with E-state index < -0.39 is 46.8 Å². The fourth-order valence-electron chi connectivity index (χ4n) is 9.13. The molecule has 4 aromatic carbocycles. The number of methoxy groups -OCH3 is 1. The zero-order chi connectivity index (χ0) is 38.1. The number of nitrogens with one attached hydrogen (secondary N) is 1. The number of halogens is 3. The molecule has 0 spiro atoms. The SMILES string of the molecule is COc1ccc(C23C(=O)N(Nc4ccc(Cl)cc4Cl)C(=O)C2CC2C(=CCC4C(=O)N(CCc5ccc(O)cc5)C(=O)C42)C3c2cc(Cl)ccc2O)cc1. The summed E-state index contributed by atoms with van der Waals surface area (Å²) in [5, 5.41) is 23.1. The molecule has 276 valence electrons. The van der Waals surface area contributed by atoms with Crippen LogP contribution in [-0.4, -0.2) is 57.4 Å². The van der Waals surface area contributed by atoms with Gasteiger partial charge in [0.05, 0.1) is 41.0 Å². The van der Waals surface area contributed by atoms with E-state index in [2.05, 4.69) is 5.43 Å². The molecule has 4 amide bonds. The van der Waals surface area contributed by atoms with Gasteiger partial charge in [0.15, 0.2) is 0 Å². The van der Waals surface area contributed by atoms with Gasteiger partial charge in [0.1, 0.15) is 17.2 Å². The van der Waals surface area contributed by atoms with Crippen LogP contribution in [0.2, 0.25) is 15.1 Å². The van der Waals surface area contributed by atoms with E-state index in [1.807, 2.05) is 6.08 Å². The number of imide groups is 2. The summed E-state index contributed by atoms with van der Waals surface area (Å²) in [7, 11) is 1.52. The number of ether oxygens (including phenoxy) is 1. The lowest BCUT2D eigenvalue weighted by atomic mass is 9.49. The Bertz CT molecular complexity index is 2250. The minimum absolute atomic E-state index is 0.0682. The minimum atomic E-state index is -1.64. The number of anilines is 1. The van der Waals surface area contributed by atoms with Crippen LogP contribution >= 0.6 is 34.8 Å². The lowest BCUT2D eigenvalue weighted by Gasteiger charge is -2.50. The van der Waals surface area contributed by atoms with Crippen LogP contribution in [0, 0.1) is 23.7 Å². The Kier molecular flexibility index (Phi) is 9.11. The Hall–Kier alpha value is -5.03. The van der Waals surface area contributed by atoms with Crippen molar-refractivity contribution in [2.75, 3.05) is 19.1 Å². The molecule has 2 heterocycles. The van der Waals surface area contributed by atoms with E-state index in [-0.39, 0.29) is 53.4 Å². The van der Waals surface area contributed by atoms with Gasteiger partial charge in [0.25, 0.3) is 11.8 Å². The summed E-state index contributed by atoms with van der Waals surface area (Å²) in [6.45, 7) is 0.145. The van der Waals surface area contributed by atoms with Crippen molar-refractivity contribution < 1.29 is 34.1 Å². The average molecular weight is 787 g/mol. The normalized spacial score (nSPS) is 26.0. The van der Waals surface area contributed by atoms with Crippen molar-refractivity contribution in [2.45, 2.75) is 30.6 Å². The molecule has 8 rings (SSSR count). The van der Waals surface area contributed by atoms with Crippen LogP contribution in [0.1, 0.15) is 35.4 Å². The standard InChI is InChI=1S/C41H34Cl3N3O7/c1-54-26-10-4-22(5-11-26)41-31(38(51)47(40(41)53)45-33-14-6-24(43)19-32(33)44)20-29-27(36(41)30-18-23(42)7-15-34(30)49)12-13-28-35(29)39(52)46(37(28)50)17-16-21-2-8-25(48)9-3-21/h2-12,14-15,18-19,28-29,31,35-36,45,48-49H,13,16-17,20H2,1H3. The number of allylic oxidation sites excluding steroid dienone is 2. The van der Waals surface area contributed by atoms with Crippen LogP contribution in [0.3, 0.4) is 0 Å². The van der Waals surface area contributed by atoms with E-state index in [1.165, 1.54) is 30.2 Å². The fourth-order valence-corrected chi connectivity index (χ4v) is 9.76. The summed E-state index contributed by atoms with van der Waals surface area (Å²) in [6, 6.07) is 22.7. The van der Waals surface area contributed by atoms with Gasteiger partial charge in [-0.25, -0.2) is 0 Å². The molecule has 2 saturated heterocycles. The summed E-state index contributed by atoms with van der Waals surface area (Å²) >= 11 is 19.3. The topological polar surface area (TPSA) is 136 Å². The highest BCUT2D eigenvalue weighted by molar-refractivity contribution is 6.36. The number of fused-ring (bicyclic) bond motifs is 4. The summed E-state index contributed by atoms with van der Waals surface area (Å²) in [6.07, 6.45) is 2.60. The van der Waals surface area contributed by atoms with Crippen molar-refractivity contribution >= 4 is 64.1 Å². The number of hydrazine groups is 1. The number of nitrogens with zero attached hydrogens (tertiary/aromatic N) is 2. The van der Waals surface area contributed by atoms with Gasteiger partial charge < -0.3 is 14.9 Å². The minimum Gasteiger partial charge on any atom is -0.508 e. The van der Waals surface area contributed by atoms with Gasteiger partial charge in [-0.2, -0.15) is 5.01 Å². The van der Waals surface area contributed by atoms with Crippen molar-refractivity contribution in [2.24, 2.45) is 23.7 Å². The molecule has 3 N–H and O–H groups in total. The van der Waals surface area contributed by atoms with Gasteiger partial charge >= 0.3 is 0 Å². The number of hydrogen-bond acceptors (Lipinski definition) is 8. The first kappa shape index (κ1) is 36.0. The lowest BCUT2D eigenvalue weighted by molar-refractivity contribution is -0.141. The van der Waals surface area contributed by atoms with E-state index in [4.69, 9.17) is 39.5 Å². The Morgan fingerprint density at radius 2 is 1.54 bits per heavy atom. The molecule has 2 aliphatic carbocycles. The fraction of sp³-hybridized carbons (Fsp3) is 0.268. The van der Waals surface area contributed by atoms with E-state index in [9.17, 15) is 24.6 Å². The third kappa shape index (κ3) is 5.61. The van der Waals surface area contributed by atoms with Gasteiger partial charge in [-0.15, -0.1) is 0 Å². The first-order valence-corrected chi connectivity index (χ1v) is 18.6. The molecule has 6 unspecified atom stereocenters. The van der Waals surface area contributed by atoms with Crippen molar-refractivity contribution in [3.63, 3.8) is 0 Å². The maximum absolute atomic E-state index is 15.4. The third-order valence-electron chi connectivity index (χ3n) is 11.5. The molecular formula is C41H34Cl3N3O7. The summed E-state index contributed by atoms with van der Waals surface area (Å²) in [5.74, 6) is -5.41. The number of amides is 4. The van der Waals surface area contributed by atoms with E-state index in [0.717, 1.165) is 10.6 Å². The zero-order valence-corrected chi connectivity index (χ0v) is 31.1. The molecule has 0 bridgehead atoms. The van der Waals surface area contributed by atoms with Crippen LogP contribution in [0.4, 0.5) is 5.69 Å². The highest BCUT2D eigenvalue weighted by Crippen LogP contribution is 2.65. The third-order valence-corrected chi connectivity index (χ3v) is 12.3. The van der Waals surface area contributed by atoms with Gasteiger partial charge in [-0.3, -0.25) is 29.5 Å². The predicted molar refractivity (Wildman–Crippen MR) is 202 cm³/mol. The molecule has 10 nitrogen and oxygen atoms in total. The number of phenolic OH excluding ortho intramolecular Hbond substituents is 2. The number of carbonyl (C=O) groups excluding carboxylic acids is 4. The van der Waals surface area contributed by atoms with E-state index in [1.54, 1.807) is 66.7 Å². The van der Waals surface area contributed by atoms with E-state index >= 15 is 4.79 Å². The maximum atomic E-state index is 15.4. The quantitative estimate of drug-likeness (QED) is 0.125. The van der Waals surface area contributed by atoms with Gasteiger partial charge in [0.2, 0.25) is 11.8 Å². The Morgan fingerprint density at radius 1 is 0.833 bits per heavy atom. The summed E-state index contributed by atoms with van der Waals surface area (Å²) in [4.78, 5) is 59.9. The second-order valence-corrected chi connectivity index (χ2v) is 15.4. The number of hydrogen-bond donors (Lipinski definition) is 3. The van der Waals surface area contributed by atoms with Crippen LogP contribution < -0.4 is 10.2 Å². The molecule has 3 fully saturated rings. The highest BCUT2D eigenvalue weighted by atomic mass is 35.5. The highest BCUT2D eigenvalue weighted by Gasteiger charge is 2.70. The molecule has 2 aliphatic heterocycles. The monoisotopic (exact) mass is 785 g/mol. The number of likely N-dealkylation sites (tertiary alicyclic amines) is 1. The molecular weight excluding hydrogens is 753 g/mol. The lowest BCUT2D eigenvalue weighted by Crippen LogP contribution is -2.53. The Labute approximate surface area is 325 Å². The smallest absolute Gasteiger partial charge is 0.260 e. The van der Waals surface area contributed by atoms with Crippen LogP contribution in [-0.2, 0) is 31.0 Å². The van der Waals surface area contributed by atoms with Gasteiger partial charge in [0, 0.05) is 28.1 Å². The van der Waals surface area contributed by atoms with Gasteiger partial charge in [-0.05, 0) is 97.0 Å². The van der Waals surface area contributed by atoms with Crippen molar-refractivity contribution in [1.29, 1.82) is 0 Å². The second-order valence-electron chi connectivity index (χ2n) is 14.2. The molecule has 6 atom stereocenters. The van der Waals surface area contributed by atoms with Crippen LogP contribution in [0.25, 0.3) is 0 Å². The molecule has 54 heavy (non-hydrogen) atoms. The summed E-state index contributed by atoms with van der Waals surface area (Å²) < 4.78 is 5.45. The van der Waals surface area contributed by atoms with Gasteiger partial charge in [-0.1, -0.05) is 70.7 Å². The molecule has 0 aromatic heterocycles. The van der Waals surface area contributed by atoms with Crippen LogP contribution in [0.5, 0.6) is 17.2 Å². The molecule has 13 heteroatoms.